The zero-order valence-corrected chi connectivity index (χ0v) is 15.0. The molecule has 0 aliphatic heterocycles. The first kappa shape index (κ1) is 21.5. The Bertz CT molecular complexity index is 324. The number of ether oxygens (including phenoxy) is 1. The van der Waals surface area contributed by atoms with Gasteiger partial charge in [0.2, 0.25) is 0 Å². The molecule has 0 saturated carbocycles. The molecule has 0 aromatic heterocycles. The van der Waals surface area contributed by atoms with Crippen molar-refractivity contribution in [2.45, 2.75) is 84.5 Å². The fourth-order valence-corrected chi connectivity index (χ4v) is 2.61. The van der Waals surface area contributed by atoms with Crippen LogP contribution >= 0.6 is 7.82 Å². The number of phosphoric ester groups is 1. The maximum Gasteiger partial charge on any atom is 0.527 e. The lowest BCUT2D eigenvalue weighted by Crippen LogP contribution is -1.98. The molecule has 0 aromatic carbocycles. The summed E-state index contributed by atoms with van der Waals surface area (Å²) in [4.78, 5) is 17.4. The molecule has 5 nitrogen and oxygen atoms in total. The molecule has 0 heterocycles. The second-order valence-corrected chi connectivity index (χ2v) is 6.74. The van der Waals surface area contributed by atoms with Gasteiger partial charge in [0, 0.05) is 0 Å². The molecule has 0 saturated heterocycles. The fraction of sp³-hybridized carbons (Fsp3) is 0.875. The Balaban J connectivity index is 3.34. The minimum Gasteiger partial charge on any atom is -0.465 e. The maximum atomic E-state index is 10.7. The van der Waals surface area contributed by atoms with E-state index >= 15 is 0 Å². The number of hydrogen-bond acceptors (Lipinski definition) is 3. The SMILES string of the molecule is CC=C(OCCCCCCCCCCCCC)OP(=O)(O)O. The molecule has 6 heteroatoms. The molecule has 22 heavy (non-hydrogen) atoms. The zero-order valence-electron chi connectivity index (χ0n) is 14.1. The number of unbranched alkanes of at least 4 members (excludes halogenated alkanes) is 10. The minimum absolute atomic E-state index is 0.0968. The van der Waals surface area contributed by atoms with Crippen molar-refractivity contribution in [3.05, 3.63) is 12.0 Å². The number of hydrogen-bond donors (Lipinski definition) is 2. The van der Waals surface area contributed by atoms with Crippen LogP contribution in [0.3, 0.4) is 0 Å². The van der Waals surface area contributed by atoms with Gasteiger partial charge in [-0.15, -0.1) is 0 Å². The highest BCUT2D eigenvalue weighted by Crippen LogP contribution is 2.39. The molecule has 0 aliphatic carbocycles. The van der Waals surface area contributed by atoms with Crippen molar-refractivity contribution in [2.75, 3.05) is 6.61 Å². The minimum atomic E-state index is -4.52. The highest BCUT2D eigenvalue weighted by molar-refractivity contribution is 7.46. The predicted molar refractivity (Wildman–Crippen MR) is 89.3 cm³/mol. The summed E-state index contributed by atoms with van der Waals surface area (Å²) in [5.41, 5.74) is 0. The highest BCUT2D eigenvalue weighted by atomic mass is 31.2. The Hall–Kier alpha value is -0.510. The van der Waals surface area contributed by atoms with Crippen molar-refractivity contribution >= 4 is 7.82 Å². The van der Waals surface area contributed by atoms with Gasteiger partial charge in [0.05, 0.1) is 6.61 Å². The predicted octanol–water partition coefficient (Wildman–Crippen LogP) is 5.28. The van der Waals surface area contributed by atoms with Gasteiger partial charge in [-0.1, -0.05) is 71.1 Å². The van der Waals surface area contributed by atoms with Gasteiger partial charge in [0.1, 0.15) is 0 Å². The average Bonchev–Trinajstić information content (AvgIpc) is 2.46. The smallest absolute Gasteiger partial charge is 0.465 e. The van der Waals surface area contributed by atoms with Crippen molar-refractivity contribution in [2.24, 2.45) is 0 Å². The van der Waals surface area contributed by atoms with Gasteiger partial charge in [-0.2, -0.15) is 0 Å². The van der Waals surface area contributed by atoms with Crippen molar-refractivity contribution in [3.8, 4) is 0 Å². The number of allylic oxidation sites excluding steroid dienone is 1. The average molecular weight is 336 g/mol. The fourth-order valence-electron chi connectivity index (χ4n) is 2.22. The summed E-state index contributed by atoms with van der Waals surface area (Å²) in [6.45, 7) is 4.28. The Morgan fingerprint density at radius 3 is 1.77 bits per heavy atom. The van der Waals surface area contributed by atoms with E-state index < -0.39 is 7.82 Å². The van der Waals surface area contributed by atoms with Crippen LogP contribution in [0.2, 0.25) is 0 Å². The molecule has 0 aromatic rings. The number of phosphoric acid groups is 1. The molecule has 0 spiro atoms. The maximum absolute atomic E-state index is 10.7. The lowest BCUT2D eigenvalue weighted by molar-refractivity contribution is 0.0808. The van der Waals surface area contributed by atoms with E-state index in [0.29, 0.717) is 6.61 Å². The van der Waals surface area contributed by atoms with Crippen molar-refractivity contribution < 1.29 is 23.6 Å². The Kier molecular flexibility index (Phi) is 13.8. The van der Waals surface area contributed by atoms with Crippen LogP contribution in [-0.2, 0) is 13.8 Å². The first-order valence-electron chi connectivity index (χ1n) is 8.54. The normalized spacial score (nSPS) is 12.5. The van der Waals surface area contributed by atoms with Gasteiger partial charge < -0.3 is 9.26 Å². The first-order valence-corrected chi connectivity index (χ1v) is 10.1. The summed E-state index contributed by atoms with van der Waals surface area (Å²) in [6, 6.07) is 0. The van der Waals surface area contributed by atoms with Crippen LogP contribution in [0.15, 0.2) is 12.0 Å². The number of rotatable bonds is 15. The molecule has 0 fully saturated rings. The van der Waals surface area contributed by atoms with Crippen molar-refractivity contribution in [3.63, 3.8) is 0 Å². The lowest BCUT2D eigenvalue weighted by Gasteiger charge is -2.11. The molecular formula is C16H33O5P. The lowest BCUT2D eigenvalue weighted by atomic mass is 10.1. The van der Waals surface area contributed by atoms with E-state index in [-0.39, 0.29) is 5.95 Å². The van der Waals surface area contributed by atoms with E-state index in [1.807, 2.05) is 0 Å². The van der Waals surface area contributed by atoms with Crippen LogP contribution < -0.4 is 0 Å². The van der Waals surface area contributed by atoms with Gasteiger partial charge in [0.15, 0.2) is 0 Å². The topological polar surface area (TPSA) is 76.0 Å². The first-order chi connectivity index (χ1) is 10.5. The van der Waals surface area contributed by atoms with Crippen LogP contribution in [0.4, 0.5) is 0 Å². The molecule has 0 atom stereocenters. The summed E-state index contributed by atoms with van der Waals surface area (Å²) in [5.74, 6) is -0.0968. The summed E-state index contributed by atoms with van der Waals surface area (Å²) in [5, 5.41) is 0. The molecule has 0 unspecified atom stereocenters. The van der Waals surface area contributed by atoms with Crippen LogP contribution in [0, 0.1) is 0 Å². The standard InChI is InChI=1S/C16H33O5P/c1-3-5-6-7-8-9-10-11-12-13-14-15-20-16(4-2)21-22(17,18)19/h4H,3,5-15H2,1-2H3,(H2,17,18,19). The second-order valence-electron chi connectivity index (χ2n) is 5.57. The van der Waals surface area contributed by atoms with Crippen LogP contribution in [0.1, 0.15) is 84.5 Å². The van der Waals surface area contributed by atoms with Gasteiger partial charge in [-0.05, 0) is 19.4 Å². The van der Waals surface area contributed by atoms with Crippen molar-refractivity contribution in [1.82, 2.24) is 0 Å². The van der Waals surface area contributed by atoms with Gasteiger partial charge in [-0.3, -0.25) is 9.79 Å². The Morgan fingerprint density at radius 1 is 0.909 bits per heavy atom. The van der Waals surface area contributed by atoms with E-state index in [0.717, 1.165) is 12.8 Å². The van der Waals surface area contributed by atoms with E-state index in [2.05, 4.69) is 11.4 Å². The molecule has 2 N–H and O–H groups in total. The van der Waals surface area contributed by atoms with Crippen LogP contribution in [0.5, 0.6) is 0 Å². The van der Waals surface area contributed by atoms with E-state index in [1.54, 1.807) is 6.92 Å². The zero-order chi connectivity index (χ0) is 16.7. The third kappa shape index (κ3) is 15.9. The van der Waals surface area contributed by atoms with Gasteiger partial charge in [0.25, 0.3) is 5.95 Å². The van der Waals surface area contributed by atoms with Crippen LogP contribution in [-0.4, -0.2) is 16.4 Å². The molecule has 0 amide bonds. The summed E-state index contributed by atoms with van der Waals surface area (Å²) in [7, 11) is -4.52. The monoisotopic (exact) mass is 336 g/mol. The Morgan fingerprint density at radius 2 is 1.36 bits per heavy atom. The third-order valence-corrected chi connectivity index (χ3v) is 3.85. The van der Waals surface area contributed by atoms with Crippen molar-refractivity contribution in [1.29, 1.82) is 0 Å². The second kappa shape index (κ2) is 14.1. The third-order valence-electron chi connectivity index (χ3n) is 3.44. The summed E-state index contributed by atoms with van der Waals surface area (Å²) < 4.78 is 20.3. The van der Waals surface area contributed by atoms with Gasteiger partial charge >= 0.3 is 7.82 Å². The summed E-state index contributed by atoms with van der Waals surface area (Å²) in [6.07, 6.45) is 15.2. The summed E-state index contributed by atoms with van der Waals surface area (Å²) >= 11 is 0. The molecular weight excluding hydrogens is 303 g/mol. The van der Waals surface area contributed by atoms with E-state index in [4.69, 9.17) is 14.5 Å². The van der Waals surface area contributed by atoms with Gasteiger partial charge in [-0.25, -0.2) is 4.57 Å². The molecule has 0 radical (unpaired) electrons. The van der Waals surface area contributed by atoms with E-state index in [1.165, 1.54) is 63.9 Å². The largest absolute Gasteiger partial charge is 0.527 e. The quantitative estimate of drug-likeness (QED) is 0.241. The molecule has 0 aliphatic rings. The van der Waals surface area contributed by atoms with E-state index in [9.17, 15) is 4.57 Å². The molecule has 0 bridgehead atoms. The van der Waals surface area contributed by atoms with Crippen LogP contribution in [0.25, 0.3) is 0 Å². The molecule has 0 rings (SSSR count). The Labute approximate surface area is 135 Å². The molecule has 132 valence electrons. The highest BCUT2D eigenvalue weighted by Gasteiger charge is 2.17.